The molecule has 1 saturated carbocycles. The van der Waals surface area contributed by atoms with E-state index in [9.17, 15) is 4.79 Å². The summed E-state index contributed by atoms with van der Waals surface area (Å²) in [5, 5.41) is 3.15. The highest BCUT2D eigenvalue weighted by molar-refractivity contribution is 5.95. The lowest BCUT2D eigenvalue weighted by Gasteiger charge is -2.22. The number of aryl methyl sites for hydroxylation is 1. The maximum atomic E-state index is 12.6. The number of hydrogen-bond acceptors (Lipinski definition) is 3. The number of imidazole rings is 1. The molecule has 1 N–H and O–H groups in total. The maximum absolute atomic E-state index is 12.6. The molecule has 0 spiro atoms. The molecule has 2 aromatic rings. The van der Waals surface area contributed by atoms with Crippen molar-refractivity contribution in [3.05, 3.63) is 29.7 Å². The Balaban J connectivity index is 1.92. The topological polar surface area (TPSA) is 55.6 Å². The Morgan fingerprint density at radius 1 is 1.38 bits per heavy atom. The molecule has 2 heterocycles. The second-order valence-corrected chi connectivity index (χ2v) is 5.62. The minimum atomic E-state index is -0.0415. The average Bonchev–Trinajstić information content (AvgIpc) is 2.84. The zero-order chi connectivity index (χ0) is 14.8. The molecule has 112 valence electrons. The van der Waals surface area contributed by atoms with Crippen LogP contribution < -0.4 is 10.1 Å². The number of fused-ring (bicyclic) bond motifs is 1. The first-order valence-electron chi connectivity index (χ1n) is 7.53. The zero-order valence-corrected chi connectivity index (χ0v) is 12.6. The summed E-state index contributed by atoms with van der Waals surface area (Å²) >= 11 is 0. The van der Waals surface area contributed by atoms with Gasteiger partial charge in [0.05, 0.1) is 12.8 Å². The first-order valence-corrected chi connectivity index (χ1v) is 7.53. The molecular weight excluding hydrogens is 266 g/mol. The van der Waals surface area contributed by atoms with Crippen molar-refractivity contribution in [2.24, 2.45) is 0 Å². The van der Waals surface area contributed by atoms with E-state index in [2.05, 4.69) is 10.3 Å². The molecule has 3 rings (SSSR count). The molecule has 1 fully saturated rings. The van der Waals surface area contributed by atoms with Crippen LogP contribution in [-0.4, -0.2) is 28.4 Å². The molecule has 0 atom stereocenters. The fraction of sp³-hybridized carbons (Fsp3) is 0.500. The summed E-state index contributed by atoms with van der Waals surface area (Å²) in [5.41, 5.74) is 2.02. The number of rotatable bonds is 3. The third-order valence-corrected chi connectivity index (χ3v) is 4.16. The Labute approximate surface area is 124 Å². The first-order chi connectivity index (χ1) is 10.2. The normalized spacial score (nSPS) is 16.1. The van der Waals surface area contributed by atoms with Crippen molar-refractivity contribution in [3.8, 4) is 5.75 Å². The Hall–Kier alpha value is -2.04. The zero-order valence-electron chi connectivity index (χ0n) is 12.6. The van der Waals surface area contributed by atoms with Crippen molar-refractivity contribution in [3.63, 3.8) is 0 Å². The number of nitrogens with zero attached hydrogens (tertiary/aromatic N) is 2. The summed E-state index contributed by atoms with van der Waals surface area (Å²) < 4.78 is 7.12. The summed E-state index contributed by atoms with van der Waals surface area (Å²) in [6.45, 7) is 1.86. The fourth-order valence-corrected chi connectivity index (χ4v) is 3.09. The molecule has 0 unspecified atom stereocenters. The van der Waals surface area contributed by atoms with E-state index in [1.807, 2.05) is 29.7 Å². The van der Waals surface area contributed by atoms with Gasteiger partial charge in [-0.05, 0) is 31.9 Å². The molecule has 2 aromatic heterocycles. The molecule has 0 saturated heterocycles. The predicted octanol–water partition coefficient (Wildman–Crippen LogP) is 2.71. The highest BCUT2D eigenvalue weighted by Crippen LogP contribution is 2.22. The predicted molar refractivity (Wildman–Crippen MR) is 80.8 cm³/mol. The van der Waals surface area contributed by atoms with Crippen LogP contribution in [0.5, 0.6) is 5.75 Å². The summed E-state index contributed by atoms with van der Waals surface area (Å²) in [6, 6.07) is 4.01. The van der Waals surface area contributed by atoms with Gasteiger partial charge in [-0.3, -0.25) is 9.20 Å². The van der Waals surface area contributed by atoms with Crippen molar-refractivity contribution in [1.82, 2.24) is 14.7 Å². The van der Waals surface area contributed by atoms with Crippen LogP contribution in [0.25, 0.3) is 5.65 Å². The van der Waals surface area contributed by atoms with E-state index in [1.165, 1.54) is 19.3 Å². The highest BCUT2D eigenvalue weighted by Gasteiger charge is 2.22. The van der Waals surface area contributed by atoms with Crippen LogP contribution in [0.2, 0.25) is 0 Å². The molecule has 0 aromatic carbocycles. The molecule has 0 bridgehead atoms. The molecule has 21 heavy (non-hydrogen) atoms. The molecule has 0 aliphatic heterocycles. The number of methoxy groups -OCH3 is 1. The fourth-order valence-electron chi connectivity index (χ4n) is 3.09. The standard InChI is InChI=1S/C16H21N3O2/c1-11-14(16(20)18-12-7-4-3-5-8-12)19-10-6-9-13(21-2)15(19)17-11/h6,9-10,12H,3-5,7-8H2,1-2H3,(H,18,20). The number of amides is 1. The van der Waals surface area contributed by atoms with Crippen LogP contribution >= 0.6 is 0 Å². The van der Waals surface area contributed by atoms with Crippen molar-refractivity contribution >= 4 is 11.6 Å². The van der Waals surface area contributed by atoms with Crippen LogP contribution in [-0.2, 0) is 0 Å². The molecule has 1 aliphatic rings. The summed E-state index contributed by atoms with van der Waals surface area (Å²) in [7, 11) is 1.61. The van der Waals surface area contributed by atoms with Crippen molar-refractivity contribution in [2.75, 3.05) is 7.11 Å². The Morgan fingerprint density at radius 2 is 2.14 bits per heavy atom. The molecule has 0 radical (unpaired) electrons. The van der Waals surface area contributed by atoms with Gasteiger partial charge in [0.25, 0.3) is 5.91 Å². The smallest absolute Gasteiger partial charge is 0.270 e. The lowest BCUT2D eigenvalue weighted by molar-refractivity contribution is 0.0921. The van der Waals surface area contributed by atoms with Gasteiger partial charge >= 0.3 is 0 Å². The SMILES string of the molecule is COc1cccn2c(C(=O)NC3CCCCC3)c(C)nc12. The van der Waals surface area contributed by atoms with Gasteiger partial charge in [0.2, 0.25) is 0 Å². The maximum Gasteiger partial charge on any atom is 0.270 e. The van der Waals surface area contributed by atoms with Gasteiger partial charge in [-0.25, -0.2) is 4.98 Å². The summed E-state index contributed by atoms with van der Waals surface area (Å²) in [6.07, 6.45) is 7.68. The number of carbonyl (C=O) groups excluding carboxylic acids is 1. The highest BCUT2D eigenvalue weighted by atomic mass is 16.5. The van der Waals surface area contributed by atoms with Gasteiger partial charge in [0.15, 0.2) is 11.4 Å². The second kappa shape index (κ2) is 5.76. The molecule has 5 nitrogen and oxygen atoms in total. The van der Waals surface area contributed by atoms with Crippen LogP contribution in [0.15, 0.2) is 18.3 Å². The van der Waals surface area contributed by atoms with Gasteiger partial charge in [0, 0.05) is 12.2 Å². The van der Waals surface area contributed by atoms with Crippen molar-refractivity contribution in [2.45, 2.75) is 45.1 Å². The largest absolute Gasteiger partial charge is 0.493 e. The van der Waals surface area contributed by atoms with E-state index < -0.39 is 0 Å². The average molecular weight is 287 g/mol. The number of carbonyl (C=O) groups is 1. The number of nitrogens with one attached hydrogen (secondary N) is 1. The van der Waals surface area contributed by atoms with Crippen molar-refractivity contribution in [1.29, 1.82) is 0 Å². The van der Waals surface area contributed by atoms with Gasteiger partial charge in [-0.2, -0.15) is 0 Å². The molecule has 1 aliphatic carbocycles. The Kier molecular flexibility index (Phi) is 3.82. The Bertz CT molecular complexity index is 657. The molecular formula is C16H21N3O2. The van der Waals surface area contributed by atoms with E-state index in [-0.39, 0.29) is 5.91 Å². The number of ether oxygens (including phenoxy) is 1. The minimum Gasteiger partial charge on any atom is -0.493 e. The van der Waals surface area contributed by atoms with E-state index in [0.717, 1.165) is 18.5 Å². The lowest BCUT2D eigenvalue weighted by atomic mass is 9.95. The molecule has 1 amide bonds. The van der Waals surface area contributed by atoms with Crippen molar-refractivity contribution < 1.29 is 9.53 Å². The van der Waals surface area contributed by atoms with E-state index in [1.54, 1.807) is 7.11 Å². The van der Waals surface area contributed by atoms with Gasteiger partial charge < -0.3 is 10.1 Å². The Morgan fingerprint density at radius 3 is 2.86 bits per heavy atom. The number of aromatic nitrogens is 2. The van der Waals surface area contributed by atoms with Gasteiger partial charge in [0.1, 0.15) is 5.69 Å². The number of hydrogen-bond donors (Lipinski definition) is 1. The first kappa shape index (κ1) is 13.9. The minimum absolute atomic E-state index is 0.0415. The third kappa shape index (κ3) is 2.60. The van der Waals surface area contributed by atoms with E-state index >= 15 is 0 Å². The summed E-state index contributed by atoms with van der Waals surface area (Å²) in [4.78, 5) is 17.1. The van der Waals surface area contributed by atoms with Crippen LogP contribution in [0.1, 0.15) is 48.3 Å². The lowest BCUT2D eigenvalue weighted by Crippen LogP contribution is -2.37. The van der Waals surface area contributed by atoms with Gasteiger partial charge in [-0.15, -0.1) is 0 Å². The summed E-state index contributed by atoms with van der Waals surface area (Å²) in [5.74, 6) is 0.637. The van der Waals surface area contributed by atoms with Crippen LogP contribution in [0.4, 0.5) is 0 Å². The number of pyridine rings is 1. The monoisotopic (exact) mass is 287 g/mol. The van der Waals surface area contributed by atoms with E-state index in [4.69, 9.17) is 4.74 Å². The quantitative estimate of drug-likeness (QED) is 0.944. The second-order valence-electron chi connectivity index (χ2n) is 5.62. The van der Waals surface area contributed by atoms with Crippen LogP contribution in [0.3, 0.4) is 0 Å². The molecule has 5 heteroatoms. The van der Waals surface area contributed by atoms with Crippen LogP contribution in [0, 0.1) is 6.92 Å². The van der Waals surface area contributed by atoms with Gasteiger partial charge in [-0.1, -0.05) is 19.3 Å². The third-order valence-electron chi connectivity index (χ3n) is 4.16. The van der Waals surface area contributed by atoms with E-state index in [0.29, 0.717) is 23.1 Å².